The highest BCUT2D eigenvalue weighted by Crippen LogP contribution is 2.20. The van der Waals surface area contributed by atoms with E-state index in [0.717, 1.165) is 22.0 Å². The Labute approximate surface area is 147 Å². The van der Waals surface area contributed by atoms with E-state index < -0.39 is 0 Å². The number of hydrogen-bond donors (Lipinski definition) is 1. The molecule has 7 nitrogen and oxygen atoms in total. The van der Waals surface area contributed by atoms with E-state index in [1.807, 2.05) is 18.7 Å². The highest BCUT2D eigenvalue weighted by molar-refractivity contribution is 7.13. The van der Waals surface area contributed by atoms with Crippen LogP contribution in [-0.2, 0) is 9.53 Å². The minimum absolute atomic E-state index is 0.0276. The average molecular weight is 354 g/mol. The molecule has 2 rings (SSSR count). The van der Waals surface area contributed by atoms with E-state index in [0.29, 0.717) is 45.9 Å². The molecule has 1 aromatic rings. The van der Waals surface area contributed by atoms with Crippen LogP contribution in [0.4, 0.5) is 0 Å². The third-order valence-electron chi connectivity index (χ3n) is 3.97. The number of amides is 2. The van der Waals surface area contributed by atoms with E-state index >= 15 is 0 Å². The number of piperazine rings is 1. The lowest BCUT2D eigenvalue weighted by molar-refractivity contribution is -0.122. The van der Waals surface area contributed by atoms with Crippen LogP contribution in [0.1, 0.15) is 26.8 Å². The Bertz CT molecular complexity index is 568. The number of carbonyl (C=O) groups excluding carboxylic acids is 2. The number of thiazole rings is 1. The van der Waals surface area contributed by atoms with E-state index in [9.17, 15) is 9.59 Å². The molecule has 8 heteroatoms. The number of nitrogens with zero attached hydrogens (tertiary/aromatic N) is 3. The van der Waals surface area contributed by atoms with E-state index in [-0.39, 0.29) is 11.8 Å². The van der Waals surface area contributed by atoms with Crippen molar-refractivity contribution < 1.29 is 14.3 Å². The standard InChI is InChI=1S/C16H26N4O3S/c1-12-15(24-13(2)18-12)16(22)20-8-6-19(7-9-20)11-14(21)17-5-4-10-23-3/h4-11H2,1-3H3,(H,17,21). The summed E-state index contributed by atoms with van der Waals surface area (Å²) in [5.41, 5.74) is 0.806. The summed E-state index contributed by atoms with van der Waals surface area (Å²) in [6, 6.07) is 0. The van der Waals surface area contributed by atoms with E-state index in [1.54, 1.807) is 7.11 Å². The van der Waals surface area contributed by atoms with Crippen LogP contribution >= 0.6 is 11.3 Å². The molecular formula is C16H26N4O3S. The van der Waals surface area contributed by atoms with Gasteiger partial charge in [-0.3, -0.25) is 14.5 Å². The Morgan fingerprint density at radius 2 is 1.96 bits per heavy atom. The van der Waals surface area contributed by atoms with Gasteiger partial charge < -0.3 is 15.0 Å². The summed E-state index contributed by atoms with van der Waals surface area (Å²) in [6.07, 6.45) is 0.818. The fourth-order valence-electron chi connectivity index (χ4n) is 2.69. The molecule has 0 atom stereocenters. The maximum absolute atomic E-state index is 12.6. The predicted octanol–water partition coefficient (Wildman–Crippen LogP) is 0.670. The van der Waals surface area contributed by atoms with Crippen molar-refractivity contribution in [1.29, 1.82) is 0 Å². The van der Waals surface area contributed by atoms with Gasteiger partial charge in [0.1, 0.15) is 4.88 Å². The third kappa shape index (κ3) is 5.25. The largest absolute Gasteiger partial charge is 0.385 e. The second-order valence-electron chi connectivity index (χ2n) is 5.91. The normalized spacial score (nSPS) is 15.5. The van der Waals surface area contributed by atoms with E-state index in [1.165, 1.54) is 11.3 Å². The van der Waals surface area contributed by atoms with Crippen LogP contribution in [0.5, 0.6) is 0 Å². The molecule has 0 aromatic carbocycles. The van der Waals surface area contributed by atoms with Gasteiger partial charge in [0, 0.05) is 46.4 Å². The molecule has 1 aliphatic rings. The van der Waals surface area contributed by atoms with Crippen molar-refractivity contribution in [2.24, 2.45) is 0 Å². The predicted molar refractivity (Wildman–Crippen MR) is 93.4 cm³/mol. The summed E-state index contributed by atoms with van der Waals surface area (Å²) in [5.74, 6) is 0.0848. The number of hydrogen-bond acceptors (Lipinski definition) is 6. The molecule has 0 radical (unpaired) electrons. The number of carbonyl (C=O) groups is 2. The number of aromatic nitrogens is 1. The Balaban J connectivity index is 1.74. The maximum Gasteiger partial charge on any atom is 0.265 e. The van der Waals surface area contributed by atoms with Gasteiger partial charge in [-0.2, -0.15) is 0 Å². The van der Waals surface area contributed by atoms with Gasteiger partial charge in [0.05, 0.1) is 17.2 Å². The lowest BCUT2D eigenvalue weighted by Crippen LogP contribution is -2.51. The van der Waals surface area contributed by atoms with Crippen molar-refractivity contribution in [3.05, 3.63) is 15.6 Å². The van der Waals surface area contributed by atoms with Gasteiger partial charge in [0.2, 0.25) is 5.91 Å². The van der Waals surface area contributed by atoms with Crippen LogP contribution in [0.3, 0.4) is 0 Å². The topological polar surface area (TPSA) is 74.8 Å². The molecule has 1 N–H and O–H groups in total. The summed E-state index contributed by atoms with van der Waals surface area (Å²) >= 11 is 1.45. The van der Waals surface area contributed by atoms with E-state index in [2.05, 4.69) is 15.2 Å². The molecule has 1 aliphatic heterocycles. The van der Waals surface area contributed by atoms with Crippen LogP contribution in [0, 0.1) is 13.8 Å². The monoisotopic (exact) mass is 354 g/mol. The van der Waals surface area contributed by atoms with Crippen LogP contribution in [0.2, 0.25) is 0 Å². The zero-order valence-corrected chi connectivity index (χ0v) is 15.4. The quantitative estimate of drug-likeness (QED) is 0.729. The molecule has 134 valence electrons. The zero-order chi connectivity index (χ0) is 17.5. The molecule has 0 saturated carbocycles. The Morgan fingerprint density at radius 1 is 1.25 bits per heavy atom. The molecule has 0 aliphatic carbocycles. The van der Waals surface area contributed by atoms with Gasteiger partial charge >= 0.3 is 0 Å². The van der Waals surface area contributed by atoms with Crippen molar-refractivity contribution >= 4 is 23.2 Å². The fourth-order valence-corrected chi connectivity index (χ4v) is 3.57. The van der Waals surface area contributed by atoms with Crippen molar-refractivity contribution in [3.63, 3.8) is 0 Å². The Morgan fingerprint density at radius 3 is 2.54 bits per heavy atom. The number of aryl methyl sites for hydroxylation is 2. The summed E-state index contributed by atoms with van der Waals surface area (Å²) in [6.45, 7) is 8.18. The molecule has 1 aromatic heterocycles. The van der Waals surface area contributed by atoms with Crippen molar-refractivity contribution in [3.8, 4) is 0 Å². The highest BCUT2D eigenvalue weighted by atomic mass is 32.1. The smallest absolute Gasteiger partial charge is 0.265 e. The van der Waals surface area contributed by atoms with Crippen LogP contribution in [0.15, 0.2) is 0 Å². The minimum atomic E-state index is 0.0276. The summed E-state index contributed by atoms with van der Waals surface area (Å²) in [5, 5.41) is 3.80. The lowest BCUT2D eigenvalue weighted by Gasteiger charge is -2.34. The van der Waals surface area contributed by atoms with Gasteiger partial charge in [-0.15, -0.1) is 11.3 Å². The average Bonchev–Trinajstić information content (AvgIpc) is 2.90. The molecule has 0 unspecified atom stereocenters. The first kappa shape index (κ1) is 18.8. The van der Waals surface area contributed by atoms with Crippen molar-refractivity contribution in [1.82, 2.24) is 20.1 Å². The molecular weight excluding hydrogens is 328 g/mol. The van der Waals surface area contributed by atoms with Crippen molar-refractivity contribution in [2.45, 2.75) is 20.3 Å². The number of ether oxygens (including phenoxy) is 1. The van der Waals surface area contributed by atoms with Crippen molar-refractivity contribution in [2.75, 3.05) is 53.0 Å². The maximum atomic E-state index is 12.6. The first-order valence-corrected chi connectivity index (χ1v) is 9.04. The Kier molecular flexibility index (Phi) is 7.14. The number of methoxy groups -OCH3 is 1. The fraction of sp³-hybridized carbons (Fsp3) is 0.688. The van der Waals surface area contributed by atoms with Crippen LogP contribution in [-0.4, -0.2) is 79.6 Å². The Hall–Kier alpha value is -1.51. The third-order valence-corrected chi connectivity index (χ3v) is 5.03. The van der Waals surface area contributed by atoms with Crippen LogP contribution < -0.4 is 5.32 Å². The second-order valence-corrected chi connectivity index (χ2v) is 7.12. The zero-order valence-electron chi connectivity index (χ0n) is 14.6. The van der Waals surface area contributed by atoms with Gasteiger partial charge in [-0.05, 0) is 20.3 Å². The minimum Gasteiger partial charge on any atom is -0.385 e. The van der Waals surface area contributed by atoms with Gasteiger partial charge in [-0.25, -0.2) is 4.98 Å². The molecule has 0 bridgehead atoms. The van der Waals surface area contributed by atoms with Gasteiger partial charge in [0.15, 0.2) is 0 Å². The summed E-state index contributed by atoms with van der Waals surface area (Å²) in [4.78, 5) is 33.4. The first-order chi connectivity index (χ1) is 11.5. The molecule has 2 amide bonds. The van der Waals surface area contributed by atoms with E-state index in [4.69, 9.17) is 4.74 Å². The molecule has 24 heavy (non-hydrogen) atoms. The molecule has 1 fully saturated rings. The molecule has 1 saturated heterocycles. The number of rotatable bonds is 7. The lowest BCUT2D eigenvalue weighted by atomic mass is 10.2. The summed E-state index contributed by atoms with van der Waals surface area (Å²) in [7, 11) is 1.65. The molecule has 2 heterocycles. The SMILES string of the molecule is COCCCNC(=O)CN1CCN(C(=O)c2sc(C)nc2C)CC1. The second kappa shape index (κ2) is 9.10. The number of nitrogens with one attached hydrogen (secondary N) is 1. The molecule has 0 spiro atoms. The summed E-state index contributed by atoms with van der Waals surface area (Å²) < 4.78 is 4.95. The van der Waals surface area contributed by atoms with Gasteiger partial charge in [-0.1, -0.05) is 0 Å². The van der Waals surface area contributed by atoms with Gasteiger partial charge in [0.25, 0.3) is 5.91 Å². The highest BCUT2D eigenvalue weighted by Gasteiger charge is 2.25. The first-order valence-electron chi connectivity index (χ1n) is 8.22. The van der Waals surface area contributed by atoms with Crippen LogP contribution in [0.25, 0.3) is 0 Å².